The molecule has 2 aliphatic rings. The number of hydrogen-bond acceptors (Lipinski definition) is 2. The molecule has 0 bridgehead atoms. The first-order chi connectivity index (χ1) is 12.1. The van der Waals surface area contributed by atoms with Crippen molar-refractivity contribution < 1.29 is 14.7 Å². The molecule has 1 N–H and O–H groups in total. The number of carbonyl (C=O) groups is 2. The molecule has 3 atom stereocenters. The van der Waals surface area contributed by atoms with Crippen LogP contribution >= 0.6 is 0 Å². The number of hydrogen-bond donors (Lipinski definition) is 1. The minimum Gasteiger partial charge on any atom is -0.478 e. The van der Waals surface area contributed by atoms with Crippen LogP contribution in [0, 0.1) is 11.8 Å². The fraction of sp³-hybridized carbons (Fsp3) is 0.500. The minimum atomic E-state index is -0.956. The molecule has 5 heteroatoms. The highest BCUT2D eigenvalue weighted by Crippen LogP contribution is 2.40. The van der Waals surface area contributed by atoms with Gasteiger partial charge in [-0.15, -0.1) is 0 Å². The Hall–Kier alpha value is -2.30. The van der Waals surface area contributed by atoms with Crippen molar-refractivity contribution in [2.24, 2.45) is 11.8 Å². The van der Waals surface area contributed by atoms with E-state index in [0.717, 1.165) is 12.1 Å². The molecule has 1 aromatic heterocycles. The van der Waals surface area contributed by atoms with Crippen molar-refractivity contribution in [1.82, 2.24) is 9.47 Å². The van der Waals surface area contributed by atoms with Crippen molar-refractivity contribution in [2.45, 2.75) is 45.2 Å². The van der Waals surface area contributed by atoms with E-state index in [1.165, 1.54) is 25.7 Å². The molecule has 1 saturated carbocycles. The molecule has 1 amide bonds. The highest BCUT2D eigenvalue weighted by atomic mass is 16.4. The summed E-state index contributed by atoms with van der Waals surface area (Å²) in [4.78, 5) is 26.5. The SMILES string of the molecule is CC1C2CCCCC2CN1C(=O)Cn1cc(C(=O)O)c2ccccc21. The van der Waals surface area contributed by atoms with Gasteiger partial charge in [0.05, 0.1) is 5.56 Å². The van der Waals surface area contributed by atoms with Gasteiger partial charge in [0.15, 0.2) is 0 Å². The number of nitrogens with zero attached hydrogens (tertiary/aromatic N) is 2. The van der Waals surface area contributed by atoms with Crippen LogP contribution in [0.15, 0.2) is 30.5 Å². The van der Waals surface area contributed by atoms with Gasteiger partial charge in [0.2, 0.25) is 5.91 Å². The number of fused-ring (bicyclic) bond motifs is 2. The number of aromatic nitrogens is 1. The number of aromatic carboxylic acids is 1. The third-order valence-electron chi connectivity index (χ3n) is 6.16. The second-order valence-corrected chi connectivity index (χ2v) is 7.49. The van der Waals surface area contributed by atoms with Crippen LogP contribution in [0.25, 0.3) is 10.9 Å². The lowest BCUT2D eigenvalue weighted by Crippen LogP contribution is -2.37. The first kappa shape index (κ1) is 16.2. The lowest BCUT2D eigenvalue weighted by Gasteiger charge is -2.27. The number of carboxylic acids is 1. The summed E-state index contributed by atoms with van der Waals surface area (Å²) in [5.74, 6) is 0.417. The Labute approximate surface area is 147 Å². The molecule has 2 fully saturated rings. The summed E-state index contributed by atoms with van der Waals surface area (Å²) in [7, 11) is 0. The molecular formula is C20H24N2O3. The number of amides is 1. The average molecular weight is 340 g/mol. The van der Waals surface area contributed by atoms with Gasteiger partial charge in [-0.1, -0.05) is 31.0 Å². The quantitative estimate of drug-likeness (QED) is 0.932. The van der Waals surface area contributed by atoms with E-state index in [0.29, 0.717) is 23.3 Å². The van der Waals surface area contributed by atoms with Crippen molar-refractivity contribution in [3.05, 3.63) is 36.0 Å². The Morgan fingerprint density at radius 2 is 1.96 bits per heavy atom. The molecule has 0 radical (unpaired) electrons. The Kier molecular flexibility index (Phi) is 4.02. The molecule has 25 heavy (non-hydrogen) atoms. The fourth-order valence-corrected chi connectivity index (χ4v) is 4.86. The Balaban J connectivity index is 1.59. The van der Waals surface area contributed by atoms with Gasteiger partial charge in [-0.25, -0.2) is 4.79 Å². The molecule has 3 unspecified atom stereocenters. The highest BCUT2D eigenvalue weighted by Gasteiger charge is 2.41. The van der Waals surface area contributed by atoms with Crippen LogP contribution in [-0.4, -0.2) is 39.0 Å². The first-order valence-electron chi connectivity index (χ1n) is 9.17. The lowest BCUT2D eigenvalue weighted by molar-refractivity contribution is -0.132. The smallest absolute Gasteiger partial charge is 0.337 e. The van der Waals surface area contributed by atoms with Gasteiger partial charge in [-0.2, -0.15) is 0 Å². The lowest BCUT2D eigenvalue weighted by atomic mass is 9.79. The van der Waals surface area contributed by atoms with Gasteiger partial charge in [0.1, 0.15) is 6.54 Å². The maximum atomic E-state index is 12.9. The summed E-state index contributed by atoms with van der Waals surface area (Å²) < 4.78 is 1.79. The molecule has 1 aliphatic carbocycles. The van der Waals surface area contributed by atoms with E-state index in [1.807, 2.05) is 23.1 Å². The summed E-state index contributed by atoms with van der Waals surface area (Å²) in [5, 5.41) is 10.1. The van der Waals surface area contributed by atoms with E-state index in [4.69, 9.17) is 0 Å². The number of para-hydroxylation sites is 1. The largest absolute Gasteiger partial charge is 0.478 e. The number of rotatable bonds is 3. The van der Waals surface area contributed by atoms with Crippen molar-refractivity contribution in [2.75, 3.05) is 6.54 Å². The molecule has 2 heterocycles. The minimum absolute atomic E-state index is 0.0968. The van der Waals surface area contributed by atoms with Crippen LogP contribution in [0.1, 0.15) is 43.0 Å². The van der Waals surface area contributed by atoms with E-state index in [-0.39, 0.29) is 18.0 Å². The molecule has 132 valence electrons. The van der Waals surface area contributed by atoms with Gasteiger partial charge in [-0.3, -0.25) is 4.79 Å². The van der Waals surface area contributed by atoms with Gasteiger partial charge in [0, 0.05) is 29.7 Å². The van der Waals surface area contributed by atoms with Crippen LogP contribution in [0.2, 0.25) is 0 Å². The topological polar surface area (TPSA) is 62.5 Å². The zero-order chi connectivity index (χ0) is 17.6. The Morgan fingerprint density at radius 1 is 1.20 bits per heavy atom. The van der Waals surface area contributed by atoms with Crippen molar-refractivity contribution in [1.29, 1.82) is 0 Å². The number of carbonyl (C=O) groups excluding carboxylic acids is 1. The summed E-state index contributed by atoms with van der Waals surface area (Å²) in [6.07, 6.45) is 6.61. The maximum Gasteiger partial charge on any atom is 0.337 e. The summed E-state index contributed by atoms with van der Waals surface area (Å²) in [5.41, 5.74) is 1.06. The monoisotopic (exact) mass is 340 g/mol. The summed E-state index contributed by atoms with van der Waals surface area (Å²) in [6, 6.07) is 7.67. The van der Waals surface area contributed by atoms with Crippen molar-refractivity contribution in [3.63, 3.8) is 0 Å². The molecule has 1 aliphatic heterocycles. The predicted molar refractivity (Wildman–Crippen MR) is 95.5 cm³/mol. The molecule has 0 spiro atoms. The summed E-state index contributed by atoms with van der Waals surface area (Å²) in [6.45, 7) is 3.23. The summed E-state index contributed by atoms with van der Waals surface area (Å²) >= 11 is 0. The van der Waals surface area contributed by atoms with Gasteiger partial charge < -0.3 is 14.6 Å². The number of likely N-dealkylation sites (tertiary alicyclic amines) is 1. The second-order valence-electron chi connectivity index (χ2n) is 7.49. The van der Waals surface area contributed by atoms with Crippen LogP contribution in [0.3, 0.4) is 0 Å². The van der Waals surface area contributed by atoms with E-state index in [9.17, 15) is 14.7 Å². The Morgan fingerprint density at radius 3 is 2.72 bits per heavy atom. The standard InChI is InChI=1S/C20H24N2O3/c1-13-15-7-3-2-6-14(15)10-22(13)19(23)12-21-11-17(20(24)25)16-8-4-5-9-18(16)21/h4-5,8-9,11,13-15H,2-3,6-7,10,12H2,1H3,(H,24,25). The predicted octanol–water partition coefficient (Wildman–Crippen LogP) is 3.38. The molecule has 1 saturated heterocycles. The molecule has 1 aromatic carbocycles. The highest BCUT2D eigenvalue weighted by molar-refractivity contribution is 6.03. The van der Waals surface area contributed by atoms with E-state index in [1.54, 1.807) is 16.8 Å². The van der Waals surface area contributed by atoms with Crippen molar-refractivity contribution >= 4 is 22.8 Å². The molecule has 5 nitrogen and oxygen atoms in total. The Bertz CT molecular complexity index is 825. The number of carboxylic acid groups (broad SMARTS) is 1. The van der Waals surface area contributed by atoms with E-state index in [2.05, 4.69) is 6.92 Å². The second kappa shape index (κ2) is 6.21. The van der Waals surface area contributed by atoms with Gasteiger partial charge >= 0.3 is 5.97 Å². The van der Waals surface area contributed by atoms with Crippen LogP contribution in [0.4, 0.5) is 0 Å². The molecule has 2 aromatic rings. The zero-order valence-electron chi connectivity index (χ0n) is 14.5. The third kappa shape index (κ3) is 2.71. The van der Waals surface area contributed by atoms with Crippen LogP contribution in [0.5, 0.6) is 0 Å². The van der Waals surface area contributed by atoms with Crippen LogP contribution in [-0.2, 0) is 11.3 Å². The van der Waals surface area contributed by atoms with Gasteiger partial charge in [-0.05, 0) is 37.7 Å². The van der Waals surface area contributed by atoms with Crippen molar-refractivity contribution in [3.8, 4) is 0 Å². The van der Waals surface area contributed by atoms with E-state index >= 15 is 0 Å². The first-order valence-corrected chi connectivity index (χ1v) is 9.17. The molecular weight excluding hydrogens is 316 g/mol. The molecule has 4 rings (SSSR count). The average Bonchev–Trinajstić information content (AvgIpc) is 3.14. The number of benzene rings is 1. The third-order valence-corrected chi connectivity index (χ3v) is 6.16. The van der Waals surface area contributed by atoms with Gasteiger partial charge in [0.25, 0.3) is 0 Å². The normalized spacial score (nSPS) is 26.0. The van der Waals surface area contributed by atoms with E-state index < -0.39 is 5.97 Å². The zero-order valence-corrected chi connectivity index (χ0v) is 14.5. The fourth-order valence-electron chi connectivity index (χ4n) is 4.86. The maximum absolute atomic E-state index is 12.9. The van der Waals surface area contributed by atoms with Crippen LogP contribution < -0.4 is 0 Å².